The van der Waals surface area contributed by atoms with Crippen LogP contribution in [0, 0.1) is 0 Å². The maximum absolute atomic E-state index is 12.8. The molecular weight excluding hydrogens is 380 g/mol. The maximum Gasteiger partial charge on any atom is 0.307 e. The van der Waals surface area contributed by atoms with Crippen LogP contribution in [0.2, 0.25) is 0 Å². The van der Waals surface area contributed by atoms with Crippen molar-refractivity contribution in [2.45, 2.75) is 56.8 Å². The first-order valence-corrected chi connectivity index (χ1v) is 11.4. The van der Waals surface area contributed by atoms with Crippen molar-refractivity contribution in [2.24, 2.45) is 0 Å². The van der Waals surface area contributed by atoms with Gasteiger partial charge >= 0.3 is 5.97 Å². The molecule has 1 aromatic carbocycles. The number of nitrogens with zero attached hydrogens (tertiary/aromatic N) is 1. The van der Waals surface area contributed by atoms with Gasteiger partial charge in [0.05, 0.1) is 17.9 Å². The van der Waals surface area contributed by atoms with Gasteiger partial charge in [0.1, 0.15) is 0 Å². The van der Waals surface area contributed by atoms with Crippen molar-refractivity contribution < 1.29 is 22.7 Å². The Hall–Kier alpha value is -1.93. The van der Waals surface area contributed by atoms with E-state index in [4.69, 9.17) is 4.74 Å². The molecule has 1 amide bonds. The Bertz CT molecular complexity index is 738. The molecule has 156 valence electrons. The van der Waals surface area contributed by atoms with E-state index in [0.717, 1.165) is 31.2 Å². The molecule has 28 heavy (non-hydrogen) atoms. The number of carbonyl (C=O) groups excluding carboxylic acids is 2. The quantitative estimate of drug-likeness (QED) is 0.631. The highest BCUT2D eigenvalue weighted by atomic mass is 32.2. The fourth-order valence-electron chi connectivity index (χ4n) is 3.14. The average molecular weight is 411 g/mol. The number of esters is 1. The molecule has 8 heteroatoms. The van der Waals surface area contributed by atoms with E-state index in [-0.39, 0.29) is 31.3 Å². The summed E-state index contributed by atoms with van der Waals surface area (Å²) in [5.74, 6) is -0.477. The van der Waals surface area contributed by atoms with Crippen LogP contribution in [0.1, 0.15) is 51.0 Å². The Kier molecular flexibility index (Phi) is 8.92. The molecule has 1 N–H and O–H groups in total. The van der Waals surface area contributed by atoms with E-state index in [1.807, 2.05) is 0 Å². The molecule has 1 aliphatic heterocycles. The van der Waals surface area contributed by atoms with Crippen molar-refractivity contribution in [3.63, 3.8) is 0 Å². The SMILES string of the molecule is CCOC(=O)CCNC(=O)CCc1ccc(S(=O)(=O)N2CCCCCC2)cc1. The van der Waals surface area contributed by atoms with Gasteiger partial charge < -0.3 is 10.1 Å². The van der Waals surface area contributed by atoms with Crippen LogP contribution in [-0.2, 0) is 30.8 Å². The van der Waals surface area contributed by atoms with E-state index in [1.165, 1.54) is 0 Å². The number of hydrogen-bond donors (Lipinski definition) is 1. The lowest BCUT2D eigenvalue weighted by atomic mass is 10.1. The second-order valence-corrected chi connectivity index (χ2v) is 8.81. The van der Waals surface area contributed by atoms with Crippen LogP contribution in [0.4, 0.5) is 0 Å². The van der Waals surface area contributed by atoms with Crippen LogP contribution in [0.25, 0.3) is 0 Å². The maximum atomic E-state index is 12.8. The summed E-state index contributed by atoms with van der Waals surface area (Å²) in [5.41, 5.74) is 0.898. The van der Waals surface area contributed by atoms with E-state index >= 15 is 0 Å². The van der Waals surface area contributed by atoms with E-state index in [0.29, 0.717) is 31.0 Å². The number of ether oxygens (including phenoxy) is 1. The fraction of sp³-hybridized carbons (Fsp3) is 0.600. The molecule has 1 aromatic rings. The third kappa shape index (κ3) is 6.91. The summed E-state index contributed by atoms with van der Waals surface area (Å²) in [6, 6.07) is 6.76. The van der Waals surface area contributed by atoms with E-state index in [2.05, 4.69) is 5.32 Å². The Morgan fingerprint density at radius 3 is 2.29 bits per heavy atom. The Morgan fingerprint density at radius 2 is 1.68 bits per heavy atom. The Balaban J connectivity index is 1.82. The van der Waals surface area contributed by atoms with Crippen LogP contribution >= 0.6 is 0 Å². The molecule has 0 radical (unpaired) electrons. The lowest BCUT2D eigenvalue weighted by Gasteiger charge is -2.20. The van der Waals surface area contributed by atoms with E-state index in [9.17, 15) is 18.0 Å². The van der Waals surface area contributed by atoms with Gasteiger partial charge in [0, 0.05) is 26.1 Å². The van der Waals surface area contributed by atoms with Gasteiger partial charge in [-0.05, 0) is 43.9 Å². The molecule has 0 aliphatic carbocycles. The van der Waals surface area contributed by atoms with Gasteiger partial charge in [-0.2, -0.15) is 4.31 Å². The normalized spacial score (nSPS) is 15.6. The third-order valence-electron chi connectivity index (χ3n) is 4.72. The molecule has 0 atom stereocenters. The highest BCUT2D eigenvalue weighted by Gasteiger charge is 2.24. The molecule has 2 rings (SSSR count). The smallest absolute Gasteiger partial charge is 0.307 e. The standard InChI is InChI=1S/C20H30N2O5S/c1-2-27-20(24)13-14-21-19(23)12-9-17-7-10-18(11-8-17)28(25,26)22-15-5-3-4-6-16-22/h7-8,10-11H,2-6,9,12-16H2,1H3,(H,21,23). The number of sulfonamides is 1. The molecule has 7 nitrogen and oxygen atoms in total. The van der Waals surface area contributed by atoms with Crippen LogP contribution in [0.3, 0.4) is 0 Å². The van der Waals surface area contributed by atoms with Gasteiger partial charge in [-0.3, -0.25) is 9.59 Å². The van der Waals surface area contributed by atoms with Crippen LogP contribution in [0.5, 0.6) is 0 Å². The van der Waals surface area contributed by atoms with Gasteiger partial charge in [-0.15, -0.1) is 0 Å². The molecule has 1 saturated heterocycles. The van der Waals surface area contributed by atoms with Crippen molar-refractivity contribution >= 4 is 21.9 Å². The van der Waals surface area contributed by atoms with Crippen LogP contribution in [-0.4, -0.2) is 50.8 Å². The molecule has 0 bridgehead atoms. The molecule has 0 unspecified atom stereocenters. The topological polar surface area (TPSA) is 92.8 Å². The van der Waals surface area contributed by atoms with Crippen molar-refractivity contribution in [3.05, 3.63) is 29.8 Å². The minimum Gasteiger partial charge on any atom is -0.466 e. The summed E-state index contributed by atoms with van der Waals surface area (Å²) in [6.45, 7) is 3.48. The molecule has 1 fully saturated rings. The second-order valence-electron chi connectivity index (χ2n) is 6.87. The highest BCUT2D eigenvalue weighted by Crippen LogP contribution is 2.21. The highest BCUT2D eigenvalue weighted by molar-refractivity contribution is 7.89. The summed E-state index contributed by atoms with van der Waals surface area (Å²) in [5, 5.41) is 2.68. The molecular formula is C20H30N2O5S. The zero-order valence-electron chi connectivity index (χ0n) is 16.5. The fourth-order valence-corrected chi connectivity index (χ4v) is 4.66. The number of rotatable bonds is 9. The van der Waals surface area contributed by atoms with Crippen molar-refractivity contribution in [1.29, 1.82) is 0 Å². The molecule has 0 aromatic heterocycles. The van der Waals surface area contributed by atoms with Gasteiger partial charge in [0.2, 0.25) is 15.9 Å². The first-order chi connectivity index (χ1) is 13.4. The summed E-state index contributed by atoms with van der Waals surface area (Å²) >= 11 is 0. The molecule has 1 heterocycles. The number of benzene rings is 1. The minimum atomic E-state index is -3.45. The van der Waals surface area contributed by atoms with Crippen LogP contribution in [0.15, 0.2) is 29.2 Å². The van der Waals surface area contributed by atoms with Gasteiger partial charge in [0.15, 0.2) is 0 Å². The number of aryl methyl sites for hydroxylation is 1. The monoisotopic (exact) mass is 410 g/mol. The summed E-state index contributed by atoms with van der Waals surface area (Å²) in [4.78, 5) is 23.4. The number of hydrogen-bond acceptors (Lipinski definition) is 5. The van der Waals surface area contributed by atoms with Gasteiger partial charge in [-0.25, -0.2) is 8.42 Å². The average Bonchev–Trinajstić information content (AvgIpc) is 2.97. The molecule has 0 spiro atoms. The predicted octanol–water partition coefficient (Wildman–Crippen LogP) is 2.25. The Labute approximate surface area is 167 Å². The van der Waals surface area contributed by atoms with Crippen molar-refractivity contribution in [2.75, 3.05) is 26.2 Å². The van der Waals surface area contributed by atoms with Crippen molar-refractivity contribution in [1.82, 2.24) is 9.62 Å². The zero-order chi connectivity index (χ0) is 20.4. The van der Waals surface area contributed by atoms with E-state index in [1.54, 1.807) is 35.5 Å². The molecule has 1 aliphatic rings. The lowest BCUT2D eigenvalue weighted by molar-refractivity contribution is -0.143. The largest absolute Gasteiger partial charge is 0.466 e. The number of carbonyl (C=O) groups is 2. The number of amides is 1. The number of nitrogens with one attached hydrogen (secondary N) is 1. The predicted molar refractivity (Wildman–Crippen MR) is 106 cm³/mol. The van der Waals surface area contributed by atoms with E-state index < -0.39 is 10.0 Å². The second kappa shape index (κ2) is 11.2. The lowest BCUT2D eigenvalue weighted by Crippen LogP contribution is -2.31. The summed E-state index contributed by atoms with van der Waals surface area (Å²) in [7, 11) is -3.45. The summed E-state index contributed by atoms with van der Waals surface area (Å²) in [6.07, 6.45) is 4.91. The summed E-state index contributed by atoms with van der Waals surface area (Å²) < 4.78 is 31.9. The van der Waals surface area contributed by atoms with Gasteiger partial charge in [0.25, 0.3) is 0 Å². The molecule has 0 saturated carbocycles. The van der Waals surface area contributed by atoms with Crippen molar-refractivity contribution in [3.8, 4) is 0 Å². The van der Waals surface area contributed by atoms with Gasteiger partial charge in [-0.1, -0.05) is 25.0 Å². The first-order valence-electron chi connectivity index (χ1n) is 9.95. The zero-order valence-corrected chi connectivity index (χ0v) is 17.3. The minimum absolute atomic E-state index is 0.148. The Morgan fingerprint density at radius 1 is 1.04 bits per heavy atom. The first kappa shape index (κ1) is 22.4. The third-order valence-corrected chi connectivity index (χ3v) is 6.64. The van der Waals surface area contributed by atoms with Crippen LogP contribution < -0.4 is 5.32 Å².